The molecule has 0 radical (unpaired) electrons. The SMILES string of the molecule is CC(CN(C(CO)CCCNC(=O)CC(c1ccccc1)c1ccccc1)S(=O)(=O)c1ccc(N)cc1)C(N)=O. The number of sulfonamides is 1. The fourth-order valence-corrected chi connectivity index (χ4v) is 6.26. The van der Waals surface area contributed by atoms with Crippen molar-refractivity contribution in [3.05, 3.63) is 96.1 Å². The molecule has 0 saturated heterocycles. The van der Waals surface area contributed by atoms with Crippen LogP contribution in [0.1, 0.15) is 43.2 Å². The van der Waals surface area contributed by atoms with Crippen molar-refractivity contribution in [1.82, 2.24) is 9.62 Å². The summed E-state index contributed by atoms with van der Waals surface area (Å²) in [5, 5.41) is 13.1. The lowest BCUT2D eigenvalue weighted by atomic mass is 9.88. The molecule has 0 aliphatic heterocycles. The number of benzene rings is 3. The molecule has 0 bridgehead atoms. The molecule has 40 heavy (non-hydrogen) atoms. The monoisotopic (exact) mass is 566 g/mol. The van der Waals surface area contributed by atoms with Crippen LogP contribution >= 0.6 is 0 Å². The summed E-state index contributed by atoms with van der Waals surface area (Å²) in [6.07, 6.45) is 0.930. The number of nitrogens with one attached hydrogen (secondary N) is 1. The van der Waals surface area contributed by atoms with Gasteiger partial charge in [-0.25, -0.2) is 8.42 Å². The Labute approximate surface area is 236 Å². The minimum absolute atomic E-state index is 0.00186. The molecule has 2 atom stereocenters. The maximum atomic E-state index is 13.5. The van der Waals surface area contributed by atoms with Gasteiger partial charge in [-0.05, 0) is 48.2 Å². The third-order valence-electron chi connectivity index (χ3n) is 6.87. The fourth-order valence-electron chi connectivity index (χ4n) is 4.53. The lowest BCUT2D eigenvalue weighted by Gasteiger charge is -2.31. The Balaban J connectivity index is 1.66. The number of hydrogen-bond donors (Lipinski definition) is 4. The predicted molar refractivity (Wildman–Crippen MR) is 156 cm³/mol. The van der Waals surface area contributed by atoms with Gasteiger partial charge >= 0.3 is 0 Å². The molecule has 9 nitrogen and oxygen atoms in total. The second kappa shape index (κ2) is 14.6. The van der Waals surface area contributed by atoms with Crippen molar-refractivity contribution >= 4 is 27.5 Å². The topological polar surface area (TPSA) is 156 Å². The number of nitrogens with two attached hydrogens (primary N) is 2. The maximum Gasteiger partial charge on any atom is 0.243 e. The third-order valence-corrected chi connectivity index (χ3v) is 8.81. The van der Waals surface area contributed by atoms with Crippen LogP contribution in [-0.2, 0) is 19.6 Å². The molecule has 0 spiro atoms. The summed E-state index contributed by atoms with van der Waals surface area (Å²) in [4.78, 5) is 24.7. The van der Waals surface area contributed by atoms with E-state index in [0.29, 0.717) is 18.7 Å². The summed E-state index contributed by atoms with van der Waals surface area (Å²) in [6.45, 7) is 1.19. The van der Waals surface area contributed by atoms with Gasteiger partial charge in [-0.3, -0.25) is 9.59 Å². The van der Waals surface area contributed by atoms with Crippen LogP contribution in [-0.4, -0.2) is 55.4 Å². The van der Waals surface area contributed by atoms with Gasteiger partial charge in [-0.1, -0.05) is 67.6 Å². The molecule has 0 saturated carbocycles. The predicted octanol–water partition coefficient (Wildman–Crippen LogP) is 2.86. The van der Waals surface area contributed by atoms with E-state index in [1.54, 1.807) is 6.92 Å². The van der Waals surface area contributed by atoms with Crippen LogP contribution in [0, 0.1) is 5.92 Å². The zero-order valence-electron chi connectivity index (χ0n) is 22.6. The van der Waals surface area contributed by atoms with Gasteiger partial charge in [0.1, 0.15) is 0 Å². The molecule has 6 N–H and O–H groups in total. The Bertz CT molecular complexity index is 1300. The second-order valence-electron chi connectivity index (χ2n) is 9.85. The second-order valence-corrected chi connectivity index (χ2v) is 11.7. The number of nitrogen functional groups attached to an aromatic ring is 1. The summed E-state index contributed by atoms with van der Waals surface area (Å²) in [7, 11) is -4.07. The van der Waals surface area contributed by atoms with Crippen molar-refractivity contribution in [3.8, 4) is 0 Å². The van der Waals surface area contributed by atoms with Crippen molar-refractivity contribution in [3.63, 3.8) is 0 Å². The Hall–Kier alpha value is -3.73. The van der Waals surface area contributed by atoms with Crippen LogP contribution in [0.5, 0.6) is 0 Å². The van der Waals surface area contributed by atoms with Gasteiger partial charge in [-0.15, -0.1) is 0 Å². The molecule has 214 valence electrons. The average Bonchev–Trinajstić information content (AvgIpc) is 2.96. The van der Waals surface area contributed by atoms with E-state index < -0.39 is 34.5 Å². The van der Waals surface area contributed by atoms with Crippen LogP contribution in [0.25, 0.3) is 0 Å². The molecule has 10 heteroatoms. The first-order valence-corrected chi connectivity index (χ1v) is 14.7. The van der Waals surface area contributed by atoms with Crippen LogP contribution in [0.2, 0.25) is 0 Å². The summed E-state index contributed by atoms with van der Waals surface area (Å²) in [6, 6.07) is 24.6. The van der Waals surface area contributed by atoms with E-state index in [1.165, 1.54) is 24.3 Å². The molecule has 0 heterocycles. The number of aliphatic hydroxyl groups excluding tert-OH is 1. The number of nitrogens with zero attached hydrogens (tertiary/aromatic N) is 1. The first-order chi connectivity index (χ1) is 19.1. The molecule has 3 aromatic rings. The number of aliphatic hydroxyl groups is 1. The van der Waals surface area contributed by atoms with E-state index in [9.17, 15) is 23.1 Å². The molecule has 0 aromatic heterocycles. The molecule has 0 aliphatic carbocycles. The van der Waals surface area contributed by atoms with Crippen LogP contribution in [0.15, 0.2) is 89.8 Å². The number of carbonyl (C=O) groups is 2. The first-order valence-electron chi connectivity index (χ1n) is 13.3. The van der Waals surface area contributed by atoms with E-state index in [0.717, 1.165) is 15.4 Å². The van der Waals surface area contributed by atoms with E-state index in [4.69, 9.17) is 11.5 Å². The van der Waals surface area contributed by atoms with Crippen LogP contribution in [0.3, 0.4) is 0 Å². The van der Waals surface area contributed by atoms with Gasteiger partial charge in [0.25, 0.3) is 0 Å². The lowest BCUT2D eigenvalue weighted by Crippen LogP contribution is -2.46. The minimum atomic E-state index is -4.07. The number of anilines is 1. The molecule has 2 unspecified atom stereocenters. The molecule has 0 aliphatic rings. The number of hydrogen-bond acceptors (Lipinski definition) is 6. The van der Waals surface area contributed by atoms with Crippen molar-refractivity contribution in [2.45, 2.75) is 43.0 Å². The Morgan fingerprint density at radius 2 is 1.48 bits per heavy atom. The number of amides is 2. The molecule has 2 amide bonds. The summed E-state index contributed by atoms with van der Waals surface area (Å²) < 4.78 is 28.1. The van der Waals surface area contributed by atoms with Gasteiger partial charge in [0, 0.05) is 43.1 Å². The van der Waals surface area contributed by atoms with Gasteiger partial charge in [0.15, 0.2) is 0 Å². The average molecular weight is 567 g/mol. The smallest absolute Gasteiger partial charge is 0.243 e. The third kappa shape index (κ3) is 8.38. The van der Waals surface area contributed by atoms with E-state index in [2.05, 4.69) is 5.32 Å². The van der Waals surface area contributed by atoms with Gasteiger partial charge in [0.2, 0.25) is 21.8 Å². The van der Waals surface area contributed by atoms with Crippen molar-refractivity contribution < 1.29 is 23.1 Å². The van der Waals surface area contributed by atoms with E-state index >= 15 is 0 Å². The molecule has 0 fully saturated rings. The molecule has 3 rings (SSSR count). The van der Waals surface area contributed by atoms with Crippen LogP contribution in [0.4, 0.5) is 5.69 Å². The van der Waals surface area contributed by atoms with E-state index in [1.807, 2.05) is 60.7 Å². The molecular weight excluding hydrogens is 528 g/mol. The van der Waals surface area contributed by atoms with Crippen LogP contribution < -0.4 is 16.8 Å². The molecular formula is C30H38N4O5S. The minimum Gasteiger partial charge on any atom is -0.399 e. The van der Waals surface area contributed by atoms with Crippen molar-refractivity contribution in [1.29, 1.82) is 0 Å². The zero-order valence-corrected chi connectivity index (χ0v) is 23.5. The van der Waals surface area contributed by atoms with Crippen molar-refractivity contribution in [2.75, 3.05) is 25.4 Å². The van der Waals surface area contributed by atoms with Gasteiger partial charge in [-0.2, -0.15) is 4.31 Å². The lowest BCUT2D eigenvalue weighted by molar-refractivity contribution is -0.122. The van der Waals surface area contributed by atoms with Gasteiger partial charge in [0.05, 0.1) is 11.5 Å². The highest BCUT2D eigenvalue weighted by molar-refractivity contribution is 7.89. The largest absolute Gasteiger partial charge is 0.399 e. The maximum absolute atomic E-state index is 13.5. The Morgan fingerprint density at radius 3 is 1.98 bits per heavy atom. The summed E-state index contributed by atoms with van der Waals surface area (Å²) in [5.41, 5.74) is 13.6. The fraction of sp³-hybridized carbons (Fsp3) is 0.333. The Morgan fingerprint density at radius 1 is 0.925 bits per heavy atom. The number of rotatable bonds is 15. The van der Waals surface area contributed by atoms with E-state index in [-0.39, 0.29) is 36.1 Å². The Kier molecular flexibility index (Phi) is 11.2. The standard InChI is InChI=1S/C30H38N4O5S/c1-22(30(32)37)20-34(40(38,39)27-16-14-25(31)15-17-27)26(21-35)13-8-18-33-29(36)19-28(23-9-4-2-5-10-23)24-11-6-3-7-12-24/h2-7,9-12,14-17,22,26,28,35H,8,13,18-21,31H2,1H3,(H2,32,37)(H,33,36). The number of primary amides is 1. The van der Waals surface area contributed by atoms with Crippen molar-refractivity contribution in [2.24, 2.45) is 11.7 Å². The highest BCUT2D eigenvalue weighted by atomic mass is 32.2. The highest BCUT2D eigenvalue weighted by Crippen LogP contribution is 2.28. The first kappa shape index (κ1) is 30.8. The quantitative estimate of drug-likeness (QED) is 0.164. The number of carbonyl (C=O) groups excluding carboxylic acids is 2. The highest BCUT2D eigenvalue weighted by Gasteiger charge is 2.33. The zero-order chi connectivity index (χ0) is 29.1. The summed E-state index contributed by atoms with van der Waals surface area (Å²) >= 11 is 0. The summed E-state index contributed by atoms with van der Waals surface area (Å²) in [5.74, 6) is -1.66. The molecule has 3 aromatic carbocycles. The van der Waals surface area contributed by atoms with Gasteiger partial charge < -0.3 is 21.9 Å². The normalized spacial score (nSPS) is 13.2.